The summed E-state index contributed by atoms with van der Waals surface area (Å²) in [6.45, 7) is 3.89. The maximum absolute atomic E-state index is 11.9. The number of benzene rings is 1. The van der Waals surface area contributed by atoms with Crippen molar-refractivity contribution in [3.05, 3.63) is 29.8 Å². The summed E-state index contributed by atoms with van der Waals surface area (Å²) >= 11 is 0. The van der Waals surface area contributed by atoms with Gasteiger partial charge < -0.3 is 4.74 Å². The Kier molecular flexibility index (Phi) is 5.11. The third kappa shape index (κ3) is 3.92. The second-order valence-electron chi connectivity index (χ2n) is 5.86. The third-order valence-corrected chi connectivity index (χ3v) is 5.06. The molecule has 2 rings (SSSR count). The van der Waals surface area contributed by atoms with Gasteiger partial charge in [0.1, 0.15) is 10.6 Å². The van der Waals surface area contributed by atoms with Crippen LogP contribution in [-0.4, -0.2) is 33.7 Å². The van der Waals surface area contributed by atoms with E-state index in [4.69, 9.17) is 4.74 Å². The van der Waals surface area contributed by atoms with E-state index in [0.717, 1.165) is 17.4 Å². The fraction of sp³-hybridized carbons (Fsp3) is 0.438. The van der Waals surface area contributed by atoms with Crippen LogP contribution in [0.3, 0.4) is 0 Å². The Morgan fingerprint density at radius 3 is 2.65 bits per heavy atom. The van der Waals surface area contributed by atoms with Gasteiger partial charge in [-0.05, 0) is 24.5 Å². The molecule has 2 atom stereocenters. The van der Waals surface area contributed by atoms with Crippen molar-refractivity contribution in [2.24, 2.45) is 5.92 Å². The lowest BCUT2D eigenvalue weighted by molar-refractivity contribution is -0.125. The molecule has 0 bridgehead atoms. The van der Waals surface area contributed by atoms with Gasteiger partial charge in [0.25, 0.3) is 0 Å². The molecule has 7 heteroatoms. The number of hydrogen-bond acceptors (Lipinski definition) is 5. The molecule has 1 saturated heterocycles. The molecule has 1 amide bonds. The van der Waals surface area contributed by atoms with Crippen LogP contribution in [-0.2, 0) is 14.6 Å². The van der Waals surface area contributed by atoms with E-state index in [9.17, 15) is 13.2 Å². The van der Waals surface area contributed by atoms with Gasteiger partial charge in [-0.1, -0.05) is 25.1 Å². The standard InChI is InChI=1S/C16H22N2O4S/c1-10(8-13-11(2)9-15(19)18-17-13)12-6-5-7-14(16(12)22-3)23(4,20)21/h5-8,11,13,17H,9H2,1-4H3,(H,18,19)/b10-8+. The van der Waals surface area contributed by atoms with Crippen LogP contribution in [0.4, 0.5) is 0 Å². The van der Waals surface area contributed by atoms with Crippen LogP contribution in [0.15, 0.2) is 29.2 Å². The molecule has 6 nitrogen and oxygen atoms in total. The topological polar surface area (TPSA) is 84.5 Å². The Labute approximate surface area is 136 Å². The highest BCUT2D eigenvalue weighted by molar-refractivity contribution is 7.90. The first-order valence-electron chi connectivity index (χ1n) is 7.34. The first-order valence-corrected chi connectivity index (χ1v) is 9.23. The summed E-state index contributed by atoms with van der Waals surface area (Å²) in [5.41, 5.74) is 7.20. The number of ether oxygens (including phenoxy) is 1. The second kappa shape index (κ2) is 6.72. The highest BCUT2D eigenvalue weighted by atomic mass is 32.2. The molecule has 1 aliphatic rings. The van der Waals surface area contributed by atoms with E-state index in [0.29, 0.717) is 12.2 Å². The van der Waals surface area contributed by atoms with E-state index in [1.54, 1.807) is 6.07 Å². The largest absolute Gasteiger partial charge is 0.495 e. The van der Waals surface area contributed by atoms with Gasteiger partial charge in [-0.25, -0.2) is 13.8 Å². The van der Waals surface area contributed by atoms with Crippen molar-refractivity contribution in [3.8, 4) is 5.75 Å². The lowest BCUT2D eigenvalue weighted by atomic mass is 9.93. The number of nitrogens with one attached hydrogen (secondary N) is 2. The van der Waals surface area contributed by atoms with Crippen LogP contribution >= 0.6 is 0 Å². The zero-order chi connectivity index (χ0) is 17.2. The minimum Gasteiger partial charge on any atom is -0.495 e. The number of allylic oxidation sites excluding steroid dienone is 1. The normalized spacial score (nSPS) is 22.6. The number of para-hydroxylation sites is 1. The molecule has 2 N–H and O–H groups in total. The van der Waals surface area contributed by atoms with Gasteiger partial charge in [0, 0.05) is 24.3 Å². The first-order chi connectivity index (χ1) is 10.7. The van der Waals surface area contributed by atoms with Gasteiger partial charge in [0.05, 0.1) is 7.11 Å². The summed E-state index contributed by atoms with van der Waals surface area (Å²) in [5, 5.41) is 0. The van der Waals surface area contributed by atoms with E-state index in [1.165, 1.54) is 13.2 Å². The van der Waals surface area contributed by atoms with E-state index in [1.807, 2.05) is 26.0 Å². The zero-order valence-corrected chi connectivity index (χ0v) is 14.5. The monoisotopic (exact) mass is 338 g/mol. The van der Waals surface area contributed by atoms with Crippen molar-refractivity contribution in [1.82, 2.24) is 10.9 Å². The van der Waals surface area contributed by atoms with Crippen LogP contribution in [0.25, 0.3) is 5.57 Å². The fourth-order valence-corrected chi connectivity index (χ4v) is 3.53. The molecule has 126 valence electrons. The average molecular weight is 338 g/mol. The lowest BCUT2D eigenvalue weighted by Crippen LogP contribution is -2.52. The number of hydrazine groups is 1. The molecular weight excluding hydrogens is 316 g/mol. The molecule has 1 aromatic rings. The predicted octanol–water partition coefficient (Wildman–Crippen LogP) is 1.53. The van der Waals surface area contributed by atoms with Crippen LogP contribution in [0.2, 0.25) is 0 Å². The van der Waals surface area contributed by atoms with Crippen LogP contribution in [0, 0.1) is 5.92 Å². The highest BCUT2D eigenvalue weighted by Crippen LogP contribution is 2.33. The number of sulfone groups is 1. The average Bonchev–Trinajstić information content (AvgIpc) is 2.48. The SMILES string of the molecule is COc1c(/C(C)=C/C2NNC(=O)CC2C)cccc1S(C)(=O)=O. The minimum atomic E-state index is -3.38. The van der Waals surface area contributed by atoms with Crippen molar-refractivity contribution in [3.63, 3.8) is 0 Å². The summed E-state index contributed by atoms with van der Waals surface area (Å²) in [6, 6.07) is 5.03. The number of methoxy groups -OCH3 is 1. The summed E-state index contributed by atoms with van der Waals surface area (Å²) in [4.78, 5) is 11.5. The fourth-order valence-electron chi connectivity index (χ4n) is 2.67. The molecule has 0 saturated carbocycles. The number of hydrogen-bond donors (Lipinski definition) is 2. The Morgan fingerprint density at radius 1 is 1.39 bits per heavy atom. The quantitative estimate of drug-likeness (QED) is 0.870. The maximum Gasteiger partial charge on any atom is 0.234 e. The van der Waals surface area contributed by atoms with Crippen molar-refractivity contribution >= 4 is 21.3 Å². The van der Waals surface area contributed by atoms with Crippen molar-refractivity contribution in [2.75, 3.05) is 13.4 Å². The molecule has 0 aromatic heterocycles. The van der Waals surface area contributed by atoms with Gasteiger partial charge in [-0.3, -0.25) is 10.2 Å². The number of carbonyl (C=O) groups excluding carboxylic acids is 1. The van der Waals surface area contributed by atoms with Gasteiger partial charge in [0.15, 0.2) is 9.84 Å². The van der Waals surface area contributed by atoms with E-state index < -0.39 is 9.84 Å². The molecule has 1 fully saturated rings. The summed E-state index contributed by atoms with van der Waals surface area (Å²) in [7, 11) is -1.92. The lowest BCUT2D eigenvalue weighted by Gasteiger charge is -2.28. The molecule has 0 radical (unpaired) electrons. The molecule has 0 aliphatic carbocycles. The molecule has 0 spiro atoms. The highest BCUT2D eigenvalue weighted by Gasteiger charge is 2.24. The van der Waals surface area contributed by atoms with E-state index in [-0.39, 0.29) is 22.8 Å². The molecule has 1 aliphatic heterocycles. The van der Waals surface area contributed by atoms with Gasteiger partial charge in [-0.2, -0.15) is 0 Å². The van der Waals surface area contributed by atoms with Gasteiger partial charge in [0.2, 0.25) is 5.91 Å². The van der Waals surface area contributed by atoms with Gasteiger partial charge >= 0.3 is 0 Å². The van der Waals surface area contributed by atoms with Crippen molar-refractivity contribution in [2.45, 2.75) is 31.2 Å². The first kappa shape index (κ1) is 17.5. The molecule has 2 unspecified atom stereocenters. The predicted molar refractivity (Wildman–Crippen MR) is 88.6 cm³/mol. The van der Waals surface area contributed by atoms with Crippen molar-refractivity contribution in [1.29, 1.82) is 0 Å². The molecule has 1 aromatic carbocycles. The van der Waals surface area contributed by atoms with Crippen LogP contribution in [0.1, 0.15) is 25.8 Å². The van der Waals surface area contributed by atoms with Crippen LogP contribution < -0.4 is 15.6 Å². The Morgan fingerprint density at radius 2 is 2.09 bits per heavy atom. The molecule has 23 heavy (non-hydrogen) atoms. The Hall–Kier alpha value is -1.86. The number of amides is 1. The maximum atomic E-state index is 11.9. The van der Waals surface area contributed by atoms with Crippen molar-refractivity contribution < 1.29 is 17.9 Å². The summed E-state index contributed by atoms with van der Waals surface area (Å²) < 4.78 is 29.2. The number of carbonyl (C=O) groups is 1. The van der Waals surface area contributed by atoms with E-state index in [2.05, 4.69) is 10.9 Å². The molecular formula is C16H22N2O4S. The summed E-state index contributed by atoms with van der Waals surface area (Å²) in [6.07, 6.45) is 3.59. The zero-order valence-electron chi connectivity index (χ0n) is 13.7. The third-order valence-electron chi connectivity index (χ3n) is 3.94. The number of rotatable bonds is 4. The van der Waals surface area contributed by atoms with Crippen LogP contribution in [0.5, 0.6) is 5.75 Å². The summed E-state index contributed by atoms with van der Waals surface area (Å²) in [5.74, 6) is 0.454. The van der Waals surface area contributed by atoms with E-state index >= 15 is 0 Å². The van der Waals surface area contributed by atoms with Gasteiger partial charge in [-0.15, -0.1) is 0 Å². The Balaban J connectivity index is 2.41. The smallest absolute Gasteiger partial charge is 0.234 e. The Bertz CT molecular complexity index is 740. The molecule has 1 heterocycles. The minimum absolute atomic E-state index is 0.0284. The second-order valence-corrected chi connectivity index (χ2v) is 7.84.